The number of rotatable bonds is 3. The highest BCUT2D eigenvalue weighted by molar-refractivity contribution is 5.83. The Kier molecular flexibility index (Phi) is 4.65. The van der Waals surface area contributed by atoms with Gasteiger partial charge in [0.15, 0.2) is 11.5 Å². The number of hydrogen-bond acceptors (Lipinski definition) is 4. The number of allylic oxidation sites excluding steroid dienone is 1. The van der Waals surface area contributed by atoms with E-state index in [9.17, 15) is 4.79 Å². The molecule has 4 heteroatoms. The van der Waals surface area contributed by atoms with E-state index in [4.69, 9.17) is 9.47 Å². The van der Waals surface area contributed by atoms with Crippen LogP contribution in [0.2, 0.25) is 0 Å². The molecule has 24 heavy (non-hydrogen) atoms. The summed E-state index contributed by atoms with van der Waals surface area (Å²) in [5, 5.41) is 0. The number of carbonyl (C=O) groups is 1. The van der Waals surface area contributed by atoms with Crippen molar-refractivity contribution in [2.45, 2.75) is 33.1 Å². The van der Waals surface area contributed by atoms with Crippen LogP contribution in [0.4, 0.5) is 0 Å². The van der Waals surface area contributed by atoms with Crippen LogP contribution in [0.15, 0.2) is 30.5 Å². The van der Waals surface area contributed by atoms with Crippen molar-refractivity contribution in [1.82, 2.24) is 4.98 Å². The number of benzene rings is 1. The molecule has 0 saturated carbocycles. The quantitative estimate of drug-likeness (QED) is 0.627. The van der Waals surface area contributed by atoms with Crippen LogP contribution in [0.5, 0.6) is 11.5 Å². The molecule has 1 heterocycles. The molecule has 0 aliphatic heterocycles. The van der Waals surface area contributed by atoms with Crippen molar-refractivity contribution in [2.24, 2.45) is 0 Å². The molecular weight excluding hydrogens is 302 g/mol. The first-order valence-corrected chi connectivity index (χ1v) is 8.10. The molecule has 0 radical (unpaired) electrons. The smallest absolute Gasteiger partial charge is 0.308 e. The third-order valence-corrected chi connectivity index (χ3v) is 4.25. The van der Waals surface area contributed by atoms with Crippen LogP contribution in [0.25, 0.3) is 11.6 Å². The van der Waals surface area contributed by atoms with Gasteiger partial charge in [-0.15, -0.1) is 0 Å². The summed E-state index contributed by atoms with van der Waals surface area (Å²) in [6, 6.07) is 7.64. The second kappa shape index (κ2) is 6.87. The molecule has 1 aromatic heterocycles. The van der Waals surface area contributed by atoms with Gasteiger partial charge in [-0.3, -0.25) is 9.78 Å². The monoisotopic (exact) mass is 323 g/mol. The van der Waals surface area contributed by atoms with Crippen LogP contribution in [0.1, 0.15) is 42.1 Å². The molecule has 1 aromatic carbocycles. The summed E-state index contributed by atoms with van der Waals surface area (Å²) < 4.78 is 10.5. The predicted octanol–water partition coefficient (Wildman–Crippen LogP) is 4.20. The fraction of sp³-hybridized carbons (Fsp3) is 0.300. The molecule has 4 nitrogen and oxygen atoms in total. The van der Waals surface area contributed by atoms with Crippen molar-refractivity contribution in [3.05, 3.63) is 52.8 Å². The number of methoxy groups -OCH3 is 1. The molecule has 0 spiro atoms. The normalized spacial score (nSPS) is 15.0. The van der Waals surface area contributed by atoms with Crippen molar-refractivity contribution in [3.8, 4) is 11.5 Å². The fourth-order valence-electron chi connectivity index (χ4n) is 3.11. The highest BCUT2D eigenvalue weighted by atomic mass is 16.6. The first kappa shape index (κ1) is 16.2. The Morgan fingerprint density at radius 1 is 1.21 bits per heavy atom. The predicted molar refractivity (Wildman–Crippen MR) is 94.1 cm³/mol. The number of aryl methyl sites for hydroxylation is 1. The van der Waals surface area contributed by atoms with E-state index in [-0.39, 0.29) is 5.97 Å². The van der Waals surface area contributed by atoms with E-state index >= 15 is 0 Å². The Bertz CT molecular complexity index is 809. The molecule has 0 fully saturated rings. The standard InChI is InChI=1S/C20H21NO3/c1-13-9-10-21-20-16(5-4-6-17(13)20)11-15-7-8-18(24-14(2)22)19(12-15)23-3/h7-12H,4-6H2,1-3H3/b16-11+. The van der Waals surface area contributed by atoms with E-state index in [0.29, 0.717) is 11.5 Å². The highest BCUT2D eigenvalue weighted by Gasteiger charge is 2.17. The summed E-state index contributed by atoms with van der Waals surface area (Å²) in [4.78, 5) is 15.7. The maximum absolute atomic E-state index is 11.2. The van der Waals surface area contributed by atoms with Gasteiger partial charge in [0.2, 0.25) is 0 Å². The Morgan fingerprint density at radius 3 is 2.79 bits per heavy atom. The van der Waals surface area contributed by atoms with Gasteiger partial charge in [0.05, 0.1) is 12.8 Å². The van der Waals surface area contributed by atoms with E-state index in [1.807, 2.05) is 18.3 Å². The molecular formula is C20H21NO3. The topological polar surface area (TPSA) is 48.4 Å². The minimum absolute atomic E-state index is 0.361. The van der Waals surface area contributed by atoms with E-state index in [2.05, 4.69) is 24.1 Å². The Morgan fingerprint density at radius 2 is 2.04 bits per heavy atom. The lowest BCUT2D eigenvalue weighted by molar-refractivity contribution is -0.132. The Labute approximate surface area is 142 Å². The van der Waals surface area contributed by atoms with Crippen molar-refractivity contribution < 1.29 is 14.3 Å². The van der Waals surface area contributed by atoms with Crippen LogP contribution in [0.3, 0.4) is 0 Å². The van der Waals surface area contributed by atoms with Gasteiger partial charge in [-0.2, -0.15) is 0 Å². The molecule has 0 atom stereocenters. The first-order chi connectivity index (χ1) is 11.6. The zero-order valence-corrected chi connectivity index (χ0v) is 14.3. The van der Waals surface area contributed by atoms with Crippen molar-refractivity contribution in [2.75, 3.05) is 7.11 Å². The average Bonchev–Trinajstić information content (AvgIpc) is 2.57. The van der Waals surface area contributed by atoms with Crippen molar-refractivity contribution >= 4 is 17.6 Å². The number of pyridine rings is 1. The van der Waals surface area contributed by atoms with Gasteiger partial charge >= 0.3 is 5.97 Å². The summed E-state index contributed by atoms with van der Waals surface area (Å²) >= 11 is 0. The summed E-state index contributed by atoms with van der Waals surface area (Å²) in [7, 11) is 1.57. The van der Waals surface area contributed by atoms with Crippen molar-refractivity contribution in [3.63, 3.8) is 0 Å². The third-order valence-electron chi connectivity index (χ3n) is 4.25. The Balaban J connectivity index is 1.98. The molecule has 2 aromatic rings. The molecule has 124 valence electrons. The maximum Gasteiger partial charge on any atom is 0.308 e. The SMILES string of the molecule is COc1cc(/C=C2\CCCc3c(C)ccnc32)ccc1OC(C)=O. The lowest BCUT2D eigenvalue weighted by Gasteiger charge is -2.20. The van der Waals surface area contributed by atoms with Gasteiger partial charge < -0.3 is 9.47 Å². The minimum atomic E-state index is -0.361. The number of esters is 1. The van der Waals surface area contributed by atoms with Gasteiger partial charge in [-0.1, -0.05) is 6.07 Å². The minimum Gasteiger partial charge on any atom is -0.493 e. The number of carbonyl (C=O) groups excluding carboxylic acids is 1. The lowest BCUT2D eigenvalue weighted by Crippen LogP contribution is -2.06. The van der Waals surface area contributed by atoms with Gasteiger partial charge in [0, 0.05) is 13.1 Å². The molecule has 1 aliphatic rings. The highest BCUT2D eigenvalue weighted by Crippen LogP contribution is 2.34. The van der Waals surface area contributed by atoms with Gasteiger partial charge in [0.1, 0.15) is 0 Å². The molecule has 3 rings (SSSR count). The molecule has 0 saturated heterocycles. The molecule has 0 bridgehead atoms. The third kappa shape index (κ3) is 3.32. The van der Waals surface area contributed by atoms with Gasteiger partial charge in [0.25, 0.3) is 0 Å². The lowest BCUT2D eigenvalue weighted by atomic mass is 9.88. The summed E-state index contributed by atoms with van der Waals surface area (Å²) in [6.07, 6.45) is 7.24. The number of fused-ring (bicyclic) bond motifs is 1. The van der Waals surface area contributed by atoms with Crippen LogP contribution in [-0.4, -0.2) is 18.1 Å². The van der Waals surface area contributed by atoms with Crippen LogP contribution >= 0.6 is 0 Å². The number of nitrogens with zero attached hydrogens (tertiary/aromatic N) is 1. The van der Waals surface area contributed by atoms with Crippen molar-refractivity contribution in [1.29, 1.82) is 0 Å². The van der Waals surface area contributed by atoms with Crippen LogP contribution in [0, 0.1) is 6.92 Å². The molecule has 0 unspecified atom stereocenters. The van der Waals surface area contributed by atoms with Crippen LogP contribution < -0.4 is 9.47 Å². The average molecular weight is 323 g/mol. The van der Waals surface area contributed by atoms with Gasteiger partial charge in [-0.25, -0.2) is 0 Å². The maximum atomic E-state index is 11.2. The number of ether oxygens (including phenoxy) is 2. The number of aromatic nitrogens is 1. The van der Waals surface area contributed by atoms with Crippen LogP contribution in [-0.2, 0) is 11.2 Å². The summed E-state index contributed by atoms with van der Waals surface area (Å²) in [5.41, 5.74) is 5.99. The largest absolute Gasteiger partial charge is 0.493 e. The van der Waals surface area contributed by atoms with Gasteiger partial charge in [-0.05, 0) is 72.7 Å². The zero-order chi connectivity index (χ0) is 17.1. The van der Waals surface area contributed by atoms with E-state index < -0.39 is 0 Å². The zero-order valence-electron chi connectivity index (χ0n) is 14.3. The second-order valence-electron chi connectivity index (χ2n) is 5.98. The number of hydrogen-bond donors (Lipinski definition) is 0. The second-order valence-corrected chi connectivity index (χ2v) is 5.98. The van der Waals surface area contributed by atoms with E-state index in [1.165, 1.54) is 23.6 Å². The Hall–Kier alpha value is -2.62. The molecule has 0 amide bonds. The molecule has 1 aliphatic carbocycles. The van der Waals surface area contributed by atoms with E-state index in [1.54, 1.807) is 13.2 Å². The van der Waals surface area contributed by atoms with E-state index in [0.717, 1.165) is 30.5 Å². The fourth-order valence-corrected chi connectivity index (χ4v) is 3.11. The summed E-state index contributed by atoms with van der Waals surface area (Å²) in [6.45, 7) is 3.52. The summed E-state index contributed by atoms with van der Waals surface area (Å²) in [5.74, 6) is 0.623. The first-order valence-electron chi connectivity index (χ1n) is 8.10. The molecule has 0 N–H and O–H groups in total.